The Hall–Kier alpha value is -2.04. The van der Waals surface area contributed by atoms with E-state index >= 15 is 0 Å². The van der Waals surface area contributed by atoms with E-state index in [2.05, 4.69) is 5.32 Å². The van der Waals surface area contributed by atoms with E-state index in [4.69, 9.17) is 27.9 Å². The molecule has 0 bridgehead atoms. The fourth-order valence-electron chi connectivity index (χ4n) is 2.09. The summed E-state index contributed by atoms with van der Waals surface area (Å²) >= 11 is 11.8. The fraction of sp³-hybridized carbons (Fsp3) is 0.176. The molecule has 6 heteroatoms. The highest BCUT2D eigenvalue weighted by Crippen LogP contribution is 2.26. The SMILES string of the molecule is COc1ccc(C(C)=O)cc1CC(=O)Nc1ccc(Cl)c(Cl)c1. The van der Waals surface area contributed by atoms with Crippen LogP contribution in [0.15, 0.2) is 36.4 Å². The Morgan fingerprint density at radius 2 is 1.83 bits per heavy atom. The van der Waals surface area contributed by atoms with Gasteiger partial charge < -0.3 is 10.1 Å². The first-order valence-corrected chi connectivity index (χ1v) is 7.59. The number of nitrogens with one attached hydrogen (secondary N) is 1. The van der Waals surface area contributed by atoms with E-state index in [1.54, 1.807) is 36.4 Å². The molecule has 0 aromatic heterocycles. The highest BCUT2D eigenvalue weighted by atomic mass is 35.5. The van der Waals surface area contributed by atoms with Gasteiger partial charge in [0.05, 0.1) is 23.6 Å². The maximum Gasteiger partial charge on any atom is 0.228 e. The number of amides is 1. The van der Waals surface area contributed by atoms with Crippen molar-refractivity contribution in [2.75, 3.05) is 12.4 Å². The van der Waals surface area contributed by atoms with E-state index in [1.165, 1.54) is 14.0 Å². The van der Waals surface area contributed by atoms with E-state index in [0.29, 0.717) is 32.6 Å². The van der Waals surface area contributed by atoms with Crippen LogP contribution >= 0.6 is 23.2 Å². The number of benzene rings is 2. The summed E-state index contributed by atoms with van der Waals surface area (Å²) in [6.45, 7) is 1.47. The third-order valence-electron chi connectivity index (χ3n) is 3.24. The van der Waals surface area contributed by atoms with E-state index in [-0.39, 0.29) is 18.1 Å². The van der Waals surface area contributed by atoms with Crippen molar-refractivity contribution < 1.29 is 14.3 Å². The highest BCUT2D eigenvalue weighted by Gasteiger charge is 2.12. The summed E-state index contributed by atoms with van der Waals surface area (Å²) in [6, 6.07) is 9.85. The molecule has 0 saturated carbocycles. The lowest BCUT2D eigenvalue weighted by molar-refractivity contribution is -0.115. The Morgan fingerprint density at radius 3 is 2.43 bits per heavy atom. The van der Waals surface area contributed by atoms with Crippen LogP contribution in [0.4, 0.5) is 5.69 Å². The zero-order valence-corrected chi connectivity index (χ0v) is 14.2. The Kier molecular flexibility index (Phi) is 5.64. The highest BCUT2D eigenvalue weighted by molar-refractivity contribution is 6.42. The standard InChI is InChI=1S/C17H15Cl2NO3/c1-10(21)11-3-6-16(23-2)12(7-11)8-17(22)20-13-4-5-14(18)15(19)9-13/h3-7,9H,8H2,1-2H3,(H,20,22). The maximum absolute atomic E-state index is 12.2. The minimum absolute atomic E-state index is 0.0706. The molecule has 0 heterocycles. The van der Waals surface area contributed by atoms with Gasteiger partial charge in [0.1, 0.15) is 5.75 Å². The molecule has 120 valence electrons. The summed E-state index contributed by atoms with van der Waals surface area (Å²) < 4.78 is 5.24. The first kappa shape index (κ1) is 17.3. The van der Waals surface area contributed by atoms with E-state index in [0.717, 1.165) is 0 Å². The zero-order chi connectivity index (χ0) is 17.0. The van der Waals surface area contributed by atoms with Gasteiger partial charge in [-0.3, -0.25) is 9.59 Å². The summed E-state index contributed by atoms with van der Waals surface area (Å²) in [7, 11) is 1.52. The van der Waals surface area contributed by atoms with Crippen LogP contribution < -0.4 is 10.1 Å². The van der Waals surface area contributed by atoms with E-state index in [1.807, 2.05) is 0 Å². The van der Waals surface area contributed by atoms with Gasteiger partial charge in [-0.25, -0.2) is 0 Å². The number of anilines is 1. The monoisotopic (exact) mass is 351 g/mol. The number of carbonyl (C=O) groups is 2. The van der Waals surface area contributed by atoms with Crippen LogP contribution in [0.5, 0.6) is 5.75 Å². The number of methoxy groups -OCH3 is 1. The van der Waals surface area contributed by atoms with Gasteiger partial charge in [-0.15, -0.1) is 0 Å². The van der Waals surface area contributed by atoms with Crippen molar-refractivity contribution in [3.05, 3.63) is 57.6 Å². The largest absolute Gasteiger partial charge is 0.496 e. The number of Topliss-reactive ketones (excluding diaryl/α,β-unsaturated/α-hetero) is 1. The molecular formula is C17H15Cl2NO3. The second-order valence-electron chi connectivity index (χ2n) is 4.94. The lowest BCUT2D eigenvalue weighted by Crippen LogP contribution is -2.15. The molecule has 0 aliphatic heterocycles. The molecule has 4 nitrogen and oxygen atoms in total. The van der Waals surface area contributed by atoms with Gasteiger partial charge in [0.2, 0.25) is 5.91 Å². The number of ether oxygens (including phenoxy) is 1. The topological polar surface area (TPSA) is 55.4 Å². The number of hydrogen-bond acceptors (Lipinski definition) is 3. The summed E-state index contributed by atoms with van der Waals surface area (Å²) in [6.07, 6.45) is 0.0739. The van der Waals surface area contributed by atoms with E-state index < -0.39 is 0 Å². The number of rotatable bonds is 5. The van der Waals surface area contributed by atoms with Crippen LogP contribution in [0.2, 0.25) is 10.0 Å². The van der Waals surface area contributed by atoms with Crippen molar-refractivity contribution in [1.29, 1.82) is 0 Å². The first-order chi connectivity index (χ1) is 10.9. The van der Waals surface area contributed by atoms with Gasteiger partial charge in [0.25, 0.3) is 0 Å². The summed E-state index contributed by atoms with van der Waals surface area (Å²) in [5, 5.41) is 3.51. The molecule has 0 fully saturated rings. The summed E-state index contributed by atoms with van der Waals surface area (Å²) in [4.78, 5) is 23.7. The molecule has 0 atom stereocenters. The lowest BCUT2D eigenvalue weighted by atomic mass is 10.0. The van der Waals surface area contributed by atoms with Crippen molar-refractivity contribution in [2.45, 2.75) is 13.3 Å². The molecule has 1 amide bonds. The van der Waals surface area contributed by atoms with Crippen LogP contribution in [0, 0.1) is 0 Å². The molecule has 0 radical (unpaired) electrons. The van der Waals surface area contributed by atoms with E-state index in [9.17, 15) is 9.59 Å². The maximum atomic E-state index is 12.2. The second-order valence-corrected chi connectivity index (χ2v) is 5.75. The van der Waals surface area contributed by atoms with Crippen molar-refractivity contribution in [2.24, 2.45) is 0 Å². The molecule has 1 N–H and O–H groups in total. The van der Waals surface area contributed by atoms with Gasteiger partial charge in [-0.1, -0.05) is 23.2 Å². The molecule has 2 aromatic carbocycles. The summed E-state index contributed by atoms with van der Waals surface area (Å²) in [5.74, 6) is 0.237. The average Bonchev–Trinajstić information content (AvgIpc) is 2.50. The minimum atomic E-state index is -0.248. The van der Waals surface area contributed by atoms with Crippen molar-refractivity contribution in [3.8, 4) is 5.75 Å². The zero-order valence-electron chi connectivity index (χ0n) is 12.7. The Bertz CT molecular complexity index is 759. The third kappa shape index (κ3) is 4.47. The molecule has 0 aliphatic rings. The Morgan fingerprint density at radius 1 is 1.09 bits per heavy atom. The fourth-order valence-corrected chi connectivity index (χ4v) is 2.39. The number of ketones is 1. The summed E-state index contributed by atoms with van der Waals surface area (Å²) in [5.41, 5.74) is 1.71. The number of halogens is 2. The minimum Gasteiger partial charge on any atom is -0.496 e. The Balaban J connectivity index is 2.17. The smallest absolute Gasteiger partial charge is 0.228 e. The van der Waals surface area contributed by atoms with Crippen molar-refractivity contribution in [1.82, 2.24) is 0 Å². The van der Waals surface area contributed by atoms with Crippen molar-refractivity contribution in [3.63, 3.8) is 0 Å². The molecule has 2 rings (SSSR count). The third-order valence-corrected chi connectivity index (χ3v) is 3.98. The average molecular weight is 352 g/mol. The molecule has 23 heavy (non-hydrogen) atoms. The first-order valence-electron chi connectivity index (χ1n) is 6.83. The van der Waals surface area contributed by atoms with Crippen LogP contribution in [0.25, 0.3) is 0 Å². The van der Waals surface area contributed by atoms with Crippen molar-refractivity contribution >= 4 is 40.6 Å². The molecule has 0 spiro atoms. The van der Waals surface area contributed by atoms with Gasteiger partial charge in [-0.05, 0) is 43.3 Å². The van der Waals surface area contributed by atoms with Gasteiger partial charge in [0.15, 0.2) is 5.78 Å². The number of hydrogen-bond donors (Lipinski definition) is 1. The quantitative estimate of drug-likeness (QED) is 0.813. The molecule has 2 aromatic rings. The molecular weight excluding hydrogens is 337 g/mol. The number of carbonyl (C=O) groups excluding carboxylic acids is 2. The lowest BCUT2D eigenvalue weighted by Gasteiger charge is -2.11. The van der Waals surface area contributed by atoms with Crippen LogP contribution in [-0.2, 0) is 11.2 Å². The molecule has 0 aliphatic carbocycles. The van der Waals surface area contributed by atoms with Gasteiger partial charge in [0, 0.05) is 16.8 Å². The van der Waals surface area contributed by atoms with Gasteiger partial charge in [-0.2, -0.15) is 0 Å². The Labute approximate surface area is 144 Å². The second kappa shape index (κ2) is 7.49. The van der Waals surface area contributed by atoms with Crippen LogP contribution in [0.3, 0.4) is 0 Å². The van der Waals surface area contributed by atoms with Gasteiger partial charge >= 0.3 is 0 Å². The van der Waals surface area contributed by atoms with Crippen LogP contribution in [-0.4, -0.2) is 18.8 Å². The predicted molar refractivity (Wildman–Crippen MR) is 91.8 cm³/mol. The molecule has 0 saturated heterocycles. The predicted octanol–water partition coefficient (Wildman–Crippen LogP) is 4.39. The molecule has 0 unspecified atom stereocenters. The van der Waals surface area contributed by atoms with Crippen LogP contribution in [0.1, 0.15) is 22.8 Å². The normalized spacial score (nSPS) is 10.3.